The number of carbonyl (C=O) groups excluding carboxylic acids is 1. The van der Waals surface area contributed by atoms with E-state index in [1.54, 1.807) is 30.0 Å². The SMILES string of the molecule is C=C1C(N(CC#CC)CN2CCNCC2)=C(N)C=C(C(N)=O)N1Cc1ccccc1C#N. The Hall–Kier alpha value is -3.72. The number of primary amides is 1. The van der Waals surface area contributed by atoms with E-state index >= 15 is 0 Å². The number of rotatable bonds is 7. The van der Waals surface area contributed by atoms with Gasteiger partial charge in [-0.15, -0.1) is 5.92 Å². The lowest BCUT2D eigenvalue weighted by atomic mass is 10.0. The van der Waals surface area contributed by atoms with Crippen LogP contribution in [-0.4, -0.2) is 60.0 Å². The highest BCUT2D eigenvalue weighted by atomic mass is 16.1. The van der Waals surface area contributed by atoms with Gasteiger partial charge in [0.2, 0.25) is 0 Å². The van der Waals surface area contributed by atoms with Crippen molar-refractivity contribution in [3.8, 4) is 17.9 Å². The van der Waals surface area contributed by atoms with Crippen LogP contribution in [0, 0.1) is 23.2 Å². The lowest BCUT2D eigenvalue weighted by Crippen LogP contribution is -2.49. The van der Waals surface area contributed by atoms with Crippen LogP contribution in [0.15, 0.2) is 59.7 Å². The third-order valence-electron chi connectivity index (χ3n) is 5.52. The van der Waals surface area contributed by atoms with Crippen molar-refractivity contribution in [2.24, 2.45) is 11.5 Å². The molecule has 1 saturated heterocycles. The van der Waals surface area contributed by atoms with Crippen molar-refractivity contribution in [3.63, 3.8) is 0 Å². The Morgan fingerprint density at radius 2 is 2.03 bits per heavy atom. The molecule has 32 heavy (non-hydrogen) atoms. The number of nitrogens with two attached hydrogens (primary N) is 2. The quantitative estimate of drug-likeness (QED) is 0.542. The molecule has 0 aromatic heterocycles. The third kappa shape index (κ3) is 5.12. The molecule has 0 atom stereocenters. The van der Waals surface area contributed by atoms with E-state index in [-0.39, 0.29) is 12.2 Å². The van der Waals surface area contributed by atoms with E-state index in [1.165, 1.54) is 0 Å². The molecule has 0 aliphatic carbocycles. The van der Waals surface area contributed by atoms with Crippen molar-refractivity contribution in [1.82, 2.24) is 20.0 Å². The first kappa shape index (κ1) is 23.0. The minimum atomic E-state index is -0.607. The molecule has 1 fully saturated rings. The molecule has 1 aromatic carbocycles. The van der Waals surface area contributed by atoms with Crippen LogP contribution in [0.3, 0.4) is 0 Å². The topological polar surface area (TPSA) is 115 Å². The highest BCUT2D eigenvalue weighted by Crippen LogP contribution is 2.31. The highest BCUT2D eigenvalue weighted by Gasteiger charge is 2.30. The molecule has 166 valence electrons. The van der Waals surface area contributed by atoms with E-state index in [1.807, 2.05) is 12.1 Å². The first-order chi connectivity index (χ1) is 15.5. The second-order valence-corrected chi connectivity index (χ2v) is 7.63. The molecule has 0 radical (unpaired) electrons. The molecule has 0 saturated carbocycles. The highest BCUT2D eigenvalue weighted by molar-refractivity contribution is 5.93. The number of nitrogens with zero attached hydrogens (tertiary/aromatic N) is 4. The fraction of sp³-hybridized carbons (Fsp3) is 0.333. The molecule has 0 spiro atoms. The first-order valence-electron chi connectivity index (χ1n) is 10.5. The van der Waals surface area contributed by atoms with Gasteiger partial charge >= 0.3 is 0 Å². The summed E-state index contributed by atoms with van der Waals surface area (Å²) in [6.45, 7) is 11.1. The van der Waals surface area contributed by atoms with E-state index in [9.17, 15) is 10.1 Å². The zero-order chi connectivity index (χ0) is 23.1. The van der Waals surface area contributed by atoms with Crippen LogP contribution < -0.4 is 16.8 Å². The molecule has 2 heterocycles. The Balaban J connectivity index is 1.98. The van der Waals surface area contributed by atoms with Crippen molar-refractivity contribution in [2.45, 2.75) is 13.5 Å². The summed E-state index contributed by atoms with van der Waals surface area (Å²) in [5, 5.41) is 12.8. The summed E-state index contributed by atoms with van der Waals surface area (Å²) >= 11 is 0. The molecule has 0 unspecified atom stereocenters. The van der Waals surface area contributed by atoms with Crippen LogP contribution >= 0.6 is 0 Å². The Morgan fingerprint density at radius 3 is 2.69 bits per heavy atom. The maximum absolute atomic E-state index is 12.2. The van der Waals surface area contributed by atoms with Crippen molar-refractivity contribution in [1.29, 1.82) is 5.26 Å². The molecule has 1 aromatic rings. The van der Waals surface area contributed by atoms with Gasteiger partial charge in [-0.3, -0.25) is 9.69 Å². The zero-order valence-corrected chi connectivity index (χ0v) is 18.4. The second-order valence-electron chi connectivity index (χ2n) is 7.63. The summed E-state index contributed by atoms with van der Waals surface area (Å²) < 4.78 is 0. The molecular weight excluding hydrogens is 402 g/mol. The zero-order valence-electron chi connectivity index (χ0n) is 18.4. The summed E-state index contributed by atoms with van der Waals surface area (Å²) in [4.78, 5) is 18.4. The molecule has 0 bridgehead atoms. The average Bonchev–Trinajstić information content (AvgIpc) is 2.79. The Morgan fingerprint density at radius 1 is 1.31 bits per heavy atom. The Labute approximate surface area is 189 Å². The van der Waals surface area contributed by atoms with Gasteiger partial charge in [0.15, 0.2) is 0 Å². The lowest BCUT2D eigenvalue weighted by Gasteiger charge is -2.40. The van der Waals surface area contributed by atoms with Gasteiger partial charge in [0.25, 0.3) is 5.91 Å². The number of nitriles is 1. The number of carbonyl (C=O) groups is 1. The van der Waals surface area contributed by atoms with E-state index in [4.69, 9.17) is 11.5 Å². The lowest BCUT2D eigenvalue weighted by molar-refractivity contribution is -0.115. The number of piperazine rings is 1. The number of hydrogen-bond acceptors (Lipinski definition) is 7. The van der Waals surface area contributed by atoms with Crippen LogP contribution in [0.4, 0.5) is 0 Å². The summed E-state index contributed by atoms with van der Waals surface area (Å²) in [6.07, 6.45) is 1.59. The van der Waals surface area contributed by atoms with E-state index < -0.39 is 5.91 Å². The number of hydrogen-bond donors (Lipinski definition) is 3. The summed E-state index contributed by atoms with van der Waals surface area (Å²) in [6, 6.07) is 9.46. The van der Waals surface area contributed by atoms with Crippen molar-refractivity contribution in [2.75, 3.05) is 39.4 Å². The number of amides is 1. The van der Waals surface area contributed by atoms with Gasteiger partial charge < -0.3 is 26.6 Å². The average molecular weight is 432 g/mol. The molecule has 2 aliphatic rings. The van der Waals surface area contributed by atoms with Gasteiger partial charge in [-0.2, -0.15) is 5.26 Å². The van der Waals surface area contributed by atoms with Crippen molar-refractivity contribution in [3.05, 3.63) is 70.8 Å². The van der Waals surface area contributed by atoms with Crippen LogP contribution in [0.5, 0.6) is 0 Å². The Bertz CT molecular complexity index is 1050. The maximum Gasteiger partial charge on any atom is 0.265 e. The van der Waals surface area contributed by atoms with Crippen molar-refractivity contribution < 1.29 is 4.79 Å². The summed E-state index contributed by atoms with van der Waals surface area (Å²) in [5.74, 6) is 5.46. The largest absolute Gasteiger partial charge is 0.397 e. The van der Waals surface area contributed by atoms with Crippen LogP contribution in [0.2, 0.25) is 0 Å². The van der Waals surface area contributed by atoms with Crippen LogP contribution in [-0.2, 0) is 11.3 Å². The second kappa shape index (κ2) is 10.5. The molecule has 8 nitrogen and oxygen atoms in total. The summed E-state index contributed by atoms with van der Waals surface area (Å²) in [5.41, 5.74) is 15.3. The minimum absolute atomic E-state index is 0.243. The van der Waals surface area contributed by atoms with Gasteiger partial charge in [-0.1, -0.05) is 30.7 Å². The van der Waals surface area contributed by atoms with Gasteiger partial charge in [0.05, 0.1) is 41.9 Å². The molecule has 5 N–H and O–H groups in total. The van der Waals surface area contributed by atoms with Crippen molar-refractivity contribution >= 4 is 5.91 Å². The third-order valence-corrected chi connectivity index (χ3v) is 5.52. The van der Waals surface area contributed by atoms with Gasteiger partial charge in [-0.05, 0) is 24.6 Å². The Kier molecular flexibility index (Phi) is 7.56. The van der Waals surface area contributed by atoms with Gasteiger partial charge in [0.1, 0.15) is 5.70 Å². The number of benzene rings is 1. The predicted molar refractivity (Wildman–Crippen MR) is 124 cm³/mol. The molecular formula is C24H29N7O. The van der Waals surface area contributed by atoms with Crippen LogP contribution in [0.25, 0.3) is 0 Å². The fourth-order valence-electron chi connectivity index (χ4n) is 3.89. The maximum atomic E-state index is 12.2. The molecule has 2 aliphatic heterocycles. The fourth-order valence-corrected chi connectivity index (χ4v) is 3.89. The predicted octanol–water partition coefficient (Wildman–Crippen LogP) is 0.615. The molecule has 1 amide bonds. The standard InChI is InChI=1S/C24H29N7O/c1-3-4-11-30(17-29-12-9-28-10-13-29)23-18(2)31(22(24(27)32)14-21(23)26)16-20-8-6-5-7-19(20)15-25/h5-8,14,28H,2,9-13,16-17,26H2,1H3,(H2,27,32). The van der Waals surface area contributed by atoms with E-state index in [0.29, 0.717) is 35.9 Å². The minimum Gasteiger partial charge on any atom is -0.397 e. The monoisotopic (exact) mass is 431 g/mol. The number of nitrogens with one attached hydrogen (secondary N) is 1. The molecule has 8 heteroatoms. The smallest absolute Gasteiger partial charge is 0.265 e. The molecule has 3 rings (SSSR count). The summed E-state index contributed by atoms with van der Waals surface area (Å²) in [7, 11) is 0. The van der Waals surface area contributed by atoms with Crippen LogP contribution in [0.1, 0.15) is 18.1 Å². The normalized spacial score (nSPS) is 16.7. The van der Waals surface area contributed by atoms with Gasteiger partial charge in [-0.25, -0.2) is 0 Å². The number of allylic oxidation sites excluding steroid dienone is 1. The van der Waals surface area contributed by atoms with E-state index in [0.717, 1.165) is 31.7 Å². The first-order valence-corrected chi connectivity index (χ1v) is 10.5. The van der Waals surface area contributed by atoms with E-state index in [2.05, 4.69) is 39.6 Å². The van der Waals surface area contributed by atoms with Gasteiger partial charge in [0, 0.05) is 32.7 Å².